The second kappa shape index (κ2) is 7.30. The number of rotatable bonds is 5. The zero-order valence-electron chi connectivity index (χ0n) is 13.1. The summed E-state index contributed by atoms with van der Waals surface area (Å²) in [5.74, 6) is 0.806. The number of hydrogen-bond donors (Lipinski definition) is 1. The van der Waals surface area contributed by atoms with Crippen molar-refractivity contribution in [3.8, 4) is 0 Å². The lowest BCUT2D eigenvalue weighted by molar-refractivity contribution is 0.456. The van der Waals surface area contributed by atoms with Crippen molar-refractivity contribution in [2.24, 2.45) is 5.92 Å². The number of para-hydroxylation sites is 1. The third-order valence-corrected chi connectivity index (χ3v) is 6.37. The highest BCUT2D eigenvalue weighted by molar-refractivity contribution is 7.91. The summed E-state index contributed by atoms with van der Waals surface area (Å²) in [6.45, 7) is 4.17. The Labute approximate surface area is 129 Å². The quantitative estimate of drug-likeness (QED) is 0.827. The van der Waals surface area contributed by atoms with Crippen LogP contribution in [-0.2, 0) is 9.84 Å². The van der Waals surface area contributed by atoms with Crippen molar-refractivity contribution in [2.45, 2.75) is 63.3 Å². The van der Waals surface area contributed by atoms with Crippen molar-refractivity contribution in [3.63, 3.8) is 0 Å². The molecule has 21 heavy (non-hydrogen) atoms. The van der Waals surface area contributed by atoms with Crippen molar-refractivity contribution in [3.05, 3.63) is 24.3 Å². The molecule has 1 aromatic rings. The number of benzene rings is 1. The van der Waals surface area contributed by atoms with Crippen molar-refractivity contribution in [1.82, 2.24) is 0 Å². The molecule has 0 amide bonds. The lowest BCUT2D eigenvalue weighted by Crippen LogP contribution is -2.27. The van der Waals surface area contributed by atoms with Gasteiger partial charge >= 0.3 is 0 Å². The zero-order chi connectivity index (χ0) is 15.3. The van der Waals surface area contributed by atoms with E-state index >= 15 is 0 Å². The predicted octanol–water partition coefficient (Wildman–Crippen LogP) is 4.25. The van der Waals surface area contributed by atoms with Crippen LogP contribution < -0.4 is 5.32 Å². The normalized spacial score (nSPS) is 23.5. The Morgan fingerprint density at radius 1 is 1.14 bits per heavy atom. The van der Waals surface area contributed by atoms with Gasteiger partial charge in [0.2, 0.25) is 0 Å². The van der Waals surface area contributed by atoms with Gasteiger partial charge in [0.1, 0.15) is 0 Å². The minimum absolute atomic E-state index is 0.214. The van der Waals surface area contributed by atoms with Crippen LogP contribution >= 0.6 is 0 Å². The van der Waals surface area contributed by atoms with E-state index in [0.717, 1.165) is 12.1 Å². The van der Waals surface area contributed by atoms with Crippen LogP contribution in [0.2, 0.25) is 0 Å². The summed E-state index contributed by atoms with van der Waals surface area (Å²) < 4.78 is 24.8. The van der Waals surface area contributed by atoms with Crippen LogP contribution in [0.1, 0.15) is 52.4 Å². The smallest absolute Gasteiger partial charge is 0.180 e. The van der Waals surface area contributed by atoms with Gasteiger partial charge in [-0.05, 0) is 37.3 Å². The van der Waals surface area contributed by atoms with E-state index in [0.29, 0.717) is 23.3 Å². The van der Waals surface area contributed by atoms with Gasteiger partial charge in [0, 0.05) is 6.04 Å². The molecule has 0 bridgehead atoms. The first-order valence-electron chi connectivity index (χ1n) is 8.13. The highest BCUT2D eigenvalue weighted by Crippen LogP contribution is 2.29. The van der Waals surface area contributed by atoms with E-state index in [1.165, 1.54) is 25.7 Å². The van der Waals surface area contributed by atoms with Gasteiger partial charge in [-0.2, -0.15) is 0 Å². The molecule has 2 rings (SSSR count). The molecule has 0 spiro atoms. The van der Waals surface area contributed by atoms with Crippen LogP contribution in [0, 0.1) is 5.92 Å². The number of anilines is 1. The molecule has 2 atom stereocenters. The van der Waals surface area contributed by atoms with Gasteiger partial charge in [0.05, 0.1) is 16.3 Å². The molecule has 1 aromatic carbocycles. The Balaban J connectivity index is 2.24. The van der Waals surface area contributed by atoms with Crippen molar-refractivity contribution in [1.29, 1.82) is 0 Å². The molecule has 1 N–H and O–H groups in total. The van der Waals surface area contributed by atoms with Gasteiger partial charge in [-0.25, -0.2) is 8.42 Å². The fourth-order valence-corrected chi connectivity index (χ4v) is 4.65. The largest absolute Gasteiger partial charge is 0.381 e. The van der Waals surface area contributed by atoms with Gasteiger partial charge in [0.15, 0.2) is 9.84 Å². The second-order valence-corrected chi connectivity index (χ2v) is 8.26. The van der Waals surface area contributed by atoms with Crippen LogP contribution in [0.3, 0.4) is 0 Å². The SMILES string of the molecule is CCCS(=O)(=O)c1ccccc1NC1CCCCCC1C. The lowest BCUT2D eigenvalue weighted by Gasteiger charge is -2.25. The van der Waals surface area contributed by atoms with Crippen molar-refractivity contribution < 1.29 is 8.42 Å². The second-order valence-electron chi connectivity index (χ2n) is 6.18. The van der Waals surface area contributed by atoms with Gasteiger partial charge in [0.25, 0.3) is 0 Å². The van der Waals surface area contributed by atoms with Crippen LogP contribution in [-0.4, -0.2) is 20.2 Å². The molecule has 0 heterocycles. The Morgan fingerprint density at radius 3 is 2.62 bits per heavy atom. The minimum Gasteiger partial charge on any atom is -0.381 e. The number of nitrogens with one attached hydrogen (secondary N) is 1. The summed E-state index contributed by atoms with van der Waals surface area (Å²) in [5, 5.41) is 3.52. The van der Waals surface area contributed by atoms with E-state index in [9.17, 15) is 8.42 Å². The molecule has 0 aromatic heterocycles. The van der Waals surface area contributed by atoms with Crippen molar-refractivity contribution in [2.75, 3.05) is 11.1 Å². The molecule has 2 unspecified atom stereocenters. The number of sulfone groups is 1. The molecule has 118 valence electrons. The Bertz CT molecular complexity index is 554. The van der Waals surface area contributed by atoms with Crippen LogP contribution in [0.4, 0.5) is 5.69 Å². The minimum atomic E-state index is -3.18. The lowest BCUT2D eigenvalue weighted by atomic mass is 9.97. The predicted molar refractivity (Wildman–Crippen MR) is 88.4 cm³/mol. The van der Waals surface area contributed by atoms with Gasteiger partial charge in [-0.1, -0.05) is 45.2 Å². The topological polar surface area (TPSA) is 46.2 Å². The highest BCUT2D eigenvalue weighted by atomic mass is 32.2. The monoisotopic (exact) mass is 309 g/mol. The maximum absolute atomic E-state index is 12.4. The van der Waals surface area contributed by atoms with Crippen LogP contribution in [0.15, 0.2) is 29.2 Å². The third kappa shape index (κ3) is 4.22. The summed E-state index contributed by atoms with van der Waals surface area (Å²) in [5.41, 5.74) is 0.782. The van der Waals surface area contributed by atoms with Gasteiger partial charge in [-0.3, -0.25) is 0 Å². The molecule has 0 aliphatic heterocycles. The third-order valence-electron chi connectivity index (χ3n) is 4.40. The maximum atomic E-state index is 12.4. The van der Waals surface area contributed by atoms with Gasteiger partial charge < -0.3 is 5.32 Å². The molecular formula is C17H27NO2S. The fourth-order valence-electron chi connectivity index (χ4n) is 3.14. The molecule has 3 nitrogen and oxygen atoms in total. The first-order valence-corrected chi connectivity index (χ1v) is 9.78. The number of hydrogen-bond acceptors (Lipinski definition) is 3. The summed E-state index contributed by atoms with van der Waals surface area (Å²) in [6, 6.07) is 7.73. The summed E-state index contributed by atoms with van der Waals surface area (Å²) in [4.78, 5) is 0.461. The summed E-state index contributed by atoms with van der Waals surface area (Å²) in [7, 11) is -3.18. The molecule has 0 radical (unpaired) electrons. The average molecular weight is 309 g/mol. The van der Waals surface area contributed by atoms with E-state index in [1.807, 2.05) is 25.1 Å². The van der Waals surface area contributed by atoms with Crippen molar-refractivity contribution >= 4 is 15.5 Å². The molecule has 1 aliphatic rings. The first-order chi connectivity index (χ1) is 10.0. The van der Waals surface area contributed by atoms with E-state index in [2.05, 4.69) is 12.2 Å². The molecule has 1 aliphatic carbocycles. The van der Waals surface area contributed by atoms with E-state index in [4.69, 9.17) is 0 Å². The molecular weight excluding hydrogens is 282 g/mol. The fraction of sp³-hybridized carbons (Fsp3) is 0.647. The molecule has 4 heteroatoms. The van der Waals surface area contributed by atoms with E-state index in [-0.39, 0.29) is 5.75 Å². The summed E-state index contributed by atoms with van der Waals surface area (Å²) in [6.07, 6.45) is 6.81. The Kier molecular flexibility index (Phi) is 5.68. The molecule has 1 fully saturated rings. The van der Waals surface area contributed by atoms with Crippen LogP contribution in [0.25, 0.3) is 0 Å². The molecule has 0 saturated heterocycles. The standard InChI is InChI=1S/C17H27NO2S/c1-3-13-21(19,20)17-12-8-7-11-16(17)18-15-10-6-4-5-9-14(15)2/h7-8,11-12,14-15,18H,3-6,9-10,13H2,1-2H3. The zero-order valence-corrected chi connectivity index (χ0v) is 14.0. The van der Waals surface area contributed by atoms with Gasteiger partial charge in [-0.15, -0.1) is 0 Å². The Morgan fingerprint density at radius 2 is 1.86 bits per heavy atom. The first kappa shape index (κ1) is 16.3. The average Bonchev–Trinajstić information content (AvgIpc) is 2.65. The van der Waals surface area contributed by atoms with Crippen LogP contribution in [0.5, 0.6) is 0 Å². The maximum Gasteiger partial charge on any atom is 0.180 e. The van der Waals surface area contributed by atoms with E-state index in [1.54, 1.807) is 6.07 Å². The highest BCUT2D eigenvalue weighted by Gasteiger charge is 2.23. The summed E-state index contributed by atoms with van der Waals surface area (Å²) >= 11 is 0. The van der Waals surface area contributed by atoms with E-state index < -0.39 is 9.84 Å². The Hall–Kier alpha value is -1.03. The molecule has 1 saturated carbocycles.